The summed E-state index contributed by atoms with van der Waals surface area (Å²) in [6.07, 6.45) is 3.48. The van der Waals surface area contributed by atoms with E-state index in [1.54, 1.807) is 0 Å². The SMILES string of the molecule is CC(Cl)c1ccccc1Nc1ccc2c(n1)CCC2. The Labute approximate surface area is 118 Å². The van der Waals surface area contributed by atoms with E-state index in [2.05, 4.69) is 17.4 Å². The summed E-state index contributed by atoms with van der Waals surface area (Å²) in [5, 5.41) is 3.37. The molecule has 1 N–H and O–H groups in total. The van der Waals surface area contributed by atoms with Crippen LogP contribution in [0.15, 0.2) is 36.4 Å². The molecule has 0 saturated carbocycles. The number of alkyl halides is 1. The zero-order valence-corrected chi connectivity index (χ0v) is 11.7. The van der Waals surface area contributed by atoms with Crippen LogP contribution in [0.3, 0.4) is 0 Å². The Morgan fingerprint density at radius 3 is 2.84 bits per heavy atom. The van der Waals surface area contributed by atoms with Gasteiger partial charge in [-0.15, -0.1) is 11.6 Å². The summed E-state index contributed by atoms with van der Waals surface area (Å²) < 4.78 is 0. The zero-order valence-electron chi connectivity index (χ0n) is 11.0. The number of anilines is 2. The standard InChI is InChI=1S/C16H17ClN2/c1-11(17)13-6-2-3-7-15(13)19-16-10-9-12-5-4-8-14(12)18-16/h2-3,6-7,9-11H,4-5,8H2,1H3,(H,18,19). The highest BCUT2D eigenvalue weighted by atomic mass is 35.5. The Morgan fingerprint density at radius 1 is 1.16 bits per heavy atom. The van der Waals surface area contributed by atoms with Gasteiger partial charge in [-0.25, -0.2) is 4.98 Å². The molecule has 1 aromatic heterocycles. The Bertz CT molecular complexity index is 593. The highest BCUT2D eigenvalue weighted by Gasteiger charge is 2.13. The molecule has 0 saturated heterocycles. The van der Waals surface area contributed by atoms with Gasteiger partial charge in [0.15, 0.2) is 0 Å². The molecule has 0 spiro atoms. The van der Waals surface area contributed by atoms with Crippen molar-refractivity contribution in [2.45, 2.75) is 31.6 Å². The van der Waals surface area contributed by atoms with E-state index >= 15 is 0 Å². The lowest BCUT2D eigenvalue weighted by Gasteiger charge is -2.13. The molecule has 98 valence electrons. The van der Waals surface area contributed by atoms with E-state index in [0.29, 0.717) is 0 Å². The number of rotatable bonds is 3. The van der Waals surface area contributed by atoms with Crippen LogP contribution in [0, 0.1) is 0 Å². The molecule has 0 radical (unpaired) electrons. The van der Waals surface area contributed by atoms with Crippen LogP contribution in [-0.2, 0) is 12.8 Å². The van der Waals surface area contributed by atoms with Crippen LogP contribution in [-0.4, -0.2) is 4.98 Å². The first kappa shape index (κ1) is 12.5. The number of hydrogen-bond acceptors (Lipinski definition) is 2. The van der Waals surface area contributed by atoms with E-state index in [-0.39, 0.29) is 5.38 Å². The fourth-order valence-electron chi connectivity index (χ4n) is 2.59. The van der Waals surface area contributed by atoms with Crippen molar-refractivity contribution < 1.29 is 0 Å². The summed E-state index contributed by atoms with van der Waals surface area (Å²) in [4.78, 5) is 4.69. The maximum absolute atomic E-state index is 6.21. The van der Waals surface area contributed by atoms with E-state index in [1.165, 1.54) is 17.7 Å². The van der Waals surface area contributed by atoms with Gasteiger partial charge in [0, 0.05) is 11.4 Å². The van der Waals surface area contributed by atoms with E-state index in [4.69, 9.17) is 16.6 Å². The van der Waals surface area contributed by atoms with Gasteiger partial charge in [-0.05, 0) is 49.4 Å². The molecule has 3 heteroatoms. The lowest BCUT2D eigenvalue weighted by atomic mass is 10.1. The lowest BCUT2D eigenvalue weighted by Crippen LogP contribution is -2.00. The third-order valence-electron chi connectivity index (χ3n) is 3.58. The van der Waals surface area contributed by atoms with Gasteiger partial charge in [-0.2, -0.15) is 0 Å². The second-order valence-corrected chi connectivity index (χ2v) is 5.64. The third-order valence-corrected chi connectivity index (χ3v) is 3.82. The fraction of sp³-hybridized carbons (Fsp3) is 0.312. The van der Waals surface area contributed by atoms with Crippen LogP contribution in [0.2, 0.25) is 0 Å². The van der Waals surface area contributed by atoms with Gasteiger partial charge in [0.2, 0.25) is 0 Å². The molecule has 19 heavy (non-hydrogen) atoms. The average molecular weight is 273 g/mol. The zero-order chi connectivity index (χ0) is 13.2. The predicted molar refractivity (Wildman–Crippen MR) is 80.3 cm³/mol. The van der Waals surface area contributed by atoms with Crippen LogP contribution >= 0.6 is 11.6 Å². The molecule has 2 nitrogen and oxygen atoms in total. The smallest absolute Gasteiger partial charge is 0.130 e. The second-order valence-electron chi connectivity index (χ2n) is 4.98. The average Bonchev–Trinajstić information content (AvgIpc) is 2.86. The van der Waals surface area contributed by atoms with Gasteiger partial charge >= 0.3 is 0 Å². The molecule has 0 bridgehead atoms. The number of halogens is 1. The Morgan fingerprint density at radius 2 is 2.00 bits per heavy atom. The number of pyridine rings is 1. The Hall–Kier alpha value is -1.54. The Kier molecular flexibility index (Phi) is 3.43. The van der Waals surface area contributed by atoms with Crippen LogP contribution < -0.4 is 5.32 Å². The summed E-state index contributed by atoms with van der Waals surface area (Å²) in [7, 11) is 0. The van der Waals surface area contributed by atoms with Gasteiger partial charge in [0.1, 0.15) is 5.82 Å². The van der Waals surface area contributed by atoms with Crippen LogP contribution in [0.5, 0.6) is 0 Å². The summed E-state index contributed by atoms with van der Waals surface area (Å²) in [5.41, 5.74) is 4.77. The van der Waals surface area contributed by atoms with Gasteiger partial charge in [0.25, 0.3) is 0 Å². The van der Waals surface area contributed by atoms with Crippen molar-refractivity contribution in [3.05, 3.63) is 53.2 Å². The highest BCUT2D eigenvalue weighted by molar-refractivity contribution is 6.21. The molecule has 1 unspecified atom stereocenters. The van der Waals surface area contributed by atoms with Gasteiger partial charge in [-0.1, -0.05) is 24.3 Å². The predicted octanol–water partition coefficient (Wildman–Crippen LogP) is 4.61. The van der Waals surface area contributed by atoms with E-state index < -0.39 is 0 Å². The minimum atomic E-state index is -0.0156. The van der Waals surface area contributed by atoms with Gasteiger partial charge in [-0.3, -0.25) is 0 Å². The topological polar surface area (TPSA) is 24.9 Å². The van der Waals surface area contributed by atoms with Crippen molar-refractivity contribution in [1.82, 2.24) is 4.98 Å². The highest BCUT2D eigenvalue weighted by Crippen LogP contribution is 2.30. The van der Waals surface area contributed by atoms with Crippen molar-refractivity contribution in [2.24, 2.45) is 0 Å². The molecule has 1 aliphatic carbocycles. The number of benzene rings is 1. The molecule has 1 atom stereocenters. The van der Waals surface area contributed by atoms with Crippen molar-refractivity contribution >= 4 is 23.1 Å². The quantitative estimate of drug-likeness (QED) is 0.825. The van der Waals surface area contributed by atoms with Crippen LogP contribution in [0.25, 0.3) is 0 Å². The molecule has 2 aromatic rings. The Balaban J connectivity index is 1.89. The first-order valence-corrected chi connectivity index (χ1v) is 7.16. The molecule has 3 rings (SSSR count). The fourth-order valence-corrected chi connectivity index (χ4v) is 2.78. The largest absolute Gasteiger partial charge is 0.340 e. The number of hydrogen-bond donors (Lipinski definition) is 1. The number of aryl methyl sites for hydroxylation is 2. The van der Waals surface area contributed by atoms with Crippen LogP contribution in [0.1, 0.15) is 35.5 Å². The number of aromatic nitrogens is 1. The molecule has 1 aliphatic rings. The summed E-state index contributed by atoms with van der Waals surface area (Å²) in [6.45, 7) is 1.98. The van der Waals surface area contributed by atoms with E-state index in [0.717, 1.165) is 29.9 Å². The molecular weight excluding hydrogens is 256 g/mol. The van der Waals surface area contributed by atoms with E-state index in [1.807, 2.05) is 31.2 Å². The van der Waals surface area contributed by atoms with E-state index in [9.17, 15) is 0 Å². The van der Waals surface area contributed by atoms with Gasteiger partial charge < -0.3 is 5.32 Å². The summed E-state index contributed by atoms with van der Waals surface area (Å²) in [6, 6.07) is 12.4. The monoisotopic (exact) mass is 272 g/mol. The lowest BCUT2D eigenvalue weighted by molar-refractivity contribution is 0.900. The molecule has 1 heterocycles. The molecule has 0 fully saturated rings. The first-order chi connectivity index (χ1) is 9.24. The van der Waals surface area contributed by atoms with Crippen LogP contribution in [0.4, 0.5) is 11.5 Å². The third kappa shape index (κ3) is 2.59. The van der Waals surface area contributed by atoms with Crippen molar-refractivity contribution in [3.63, 3.8) is 0 Å². The number of nitrogens with one attached hydrogen (secondary N) is 1. The number of nitrogens with zero attached hydrogens (tertiary/aromatic N) is 1. The molecule has 0 aliphatic heterocycles. The maximum Gasteiger partial charge on any atom is 0.130 e. The summed E-state index contributed by atoms with van der Waals surface area (Å²) >= 11 is 6.21. The van der Waals surface area contributed by atoms with Crippen molar-refractivity contribution in [3.8, 4) is 0 Å². The van der Waals surface area contributed by atoms with Crippen molar-refractivity contribution in [1.29, 1.82) is 0 Å². The summed E-state index contributed by atoms with van der Waals surface area (Å²) in [5.74, 6) is 0.908. The minimum absolute atomic E-state index is 0.0156. The minimum Gasteiger partial charge on any atom is -0.340 e. The number of para-hydroxylation sites is 1. The second kappa shape index (κ2) is 5.22. The first-order valence-electron chi connectivity index (χ1n) is 6.73. The normalized spacial score (nSPS) is 15.1. The molecule has 0 amide bonds. The van der Waals surface area contributed by atoms with Gasteiger partial charge in [0.05, 0.1) is 5.38 Å². The maximum atomic E-state index is 6.21. The molecular formula is C16H17ClN2. The molecule has 1 aromatic carbocycles. The number of fused-ring (bicyclic) bond motifs is 1. The van der Waals surface area contributed by atoms with Crippen molar-refractivity contribution in [2.75, 3.05) is 5.32 Å².